The van der Waals surface area contributed by atoms with Crippen LogP contribution in [0.25, 0.3) is 0 Å². The van der Waals surface area contributed by atoms with Crippen molar-refractivity contribution in [2.45, 2.75) is 18.9 Å². The number of amides is 1. The van der Waals surface area contributed by atoms with Crippen molar-refractivity contribution in [2.24, 2.45) is 0 Å². The van der Waals surface area contributed by atoms with Gasteiger partial charge in [0.05, 0.1) is 25.7 Å². The maximum absolute atomic E-state index is 12.6. The van der Waals surface area contributed by atoms with Crippen molar-refractivity contribution in [3.05, 3.63) is 59.7 Å². The van der Waals surface area contributed by atoms with Crippen LogP contribution in [-0.4, -0.2) is 30.2 Å². The molecule has 0 bridgehead atoms. The molecule has 0 aromatic heterocycles. The molecule has 2 aromatic rings. The smallest absolute Gasteiger partial charge is 0.305 e. The number of benzene rings is 2. The lowest BCUT2D eigenvalue weighted by atomic mass is 10.0. The highest BCUT2D eigenvalue weighted by Gasteiger charge is 2.20. The van der Waals surface area contributed by atoms with Gasteiger partial charge in [-0.25, -0.2) is 0 Å². The largest absolute Gasteiger partial charge is 0.490 e. The molecule has 6 nitrogen and oxygen atoms in total. The Morgan fingerprint density at radius 3 is 2.48 bits per heavy atom. The average Bonchev–Trinajstić information content (AvgIpc) is 2.86. The number of nitrogens with one attached hydrogen (secondary N) is 1. The second-order valence-corrected chi connectivity index (χ2v) is 5.75. The van der Waals surface area contributed by atoms with Crippen molar-refractivity contribution in [2.75, 3.05) is 13.2 Å². The van der Waals surface area contributed by atoms with E-state index >= 15 is 0 Å². The predicted molar refractivity (Wildman–Crippen MR) is 91.0 cm³/mol. The molecule has 0 fully saturated rings. The van der Waals surface area contributed by atoms with Gasteiger partial charge in [0.1, 0.15) is 0 Å². The summed E-state index contributed by atoms with van der Waals surface area (Å²) in [6.07, 6.45) is 0.588. The van der Waals surface area contributed by atoms with E-state index in [1.165, 1.54) is 0 Å². The molecule has 0 aliphatic carbocycles. The fraction of sp³-hybridized carbons (Fsp3) is 0.263. The van der Waals surface area contributed by atoms with Gasteiger partial charge in [0, 0.05) is 12.0 Å². The third-order valence-electron chi connectivity index (χ3n) is 3.90. The number of carbonyl (C=O) groups excluding carboxylic acids is 1. The molecular weight excluding hydrogens is 322 g/mol. The molecule has 0 saturated carbocycles. The van der Waals surface area contributed by atoms with E-state index in [1.807, 2.05) is 18.2 Å². The van der Waals surface area contributed by atoms with E-state index in [0.29, 0.717) is 30.3 Å². The molecule has 6 heteroatoms. The molecule has 1 amide bonds. The van der Waals surface area contributed by atoms with Gasteiger partial charge in [-0.1, -0.05) is 30.3 Å². The third kappa shape index (κ3) is 4.29. The van der Waals surface area contributed by atoms with Crippen LogP contribution in [0.3, 0.4) is 0 Å². The maximum Gasteiger partial charge on any atom is 0.305 e. The Morgan fingerprint density at radius 1 is 1.04 bits per heavy atom. The minimum Gasteiger partial charge on any atom is -0.490 e. The number of carbonyl (C=O) groups is 2. The van der Waals surface area contributed by atoms with E-state index in [1.54, 1.807) is 30.3 Å². The first-order chi connectivity index (χ1) is 12.1. The molecular formula is C19H19NO5. The molecule has 0 spiro atoms. The van der Waals surface area contributed by atoms with Crippen molar-refractivity contribution in [3.63, 3.8) is 0 Å². The zero-order chi connectivity index (χ0) is 17.6. The Labute approximate surface area is 145 Å². The van der Waals surface area contributed by atoms with Crippen LogP contribution in [0.1, 0.15) is 34.8 Å². The van der Waals surface area contributed by atoms with E-state index in [0.717, 1.165) is 12.0 Å². The summed E-state index contributed by atoms with van der Waals surface area (Å²) in [6, 6.07) is 13.4. The number of carboxylic acids is 1. The van der Waals surface area contributed by atoms with Crippen LogP contribution in [-0.2, 0) is 4.79 Å². The van der Waals surface area contributed by atoms with Gasteiger partial charge in [-0.2, -0.15) is 0 Å². The number of ether oxygens (including phenoxy) is 2. The van der Waals surface area contributed by atoms with Gasteiger partial charge in [-0.05, 0) is 23.8 Å². The summed E-state index contributed by atoms with van der Waals surface area (Å²) in [5, 5.41) is 11.9. The van der Waals surface area contributed by atoms with Crippen molar-refractivity contribution in [3.8, 4) is 11.5 Å². The van der Waals surface area contributed by atoms with Crippen LogP contribution in [0.2, 0.25) is 0 Å². The first kappa shape index (κ1) is 16.8. The lowest BCUT2D eigenvalue weighted by Gasteiger charge is -2.18. The summed E-state index contributed by atoms with van der Waals surface area (Å²) in [4.78, 5) is 23.7. The number of hydrogen-bond donors (Lipinski definition) is 2. The van der Waals surface area contributed by atoms with Crippen LogP contribution in [0.15, 0.2) is 48.5 Å². The quantitative estimate of drug-likeness (QED) is 0.873. The molecule has 2 N–H and O–H groups in total. The number of carboxylic acid groups (broad SMARTS) is 1. The molecule has 130 valence electrons. The standard InChI is InChI=1S/C19H19NO5/c21-18(22)12-15(13-5-2-1-3-6-13)20-19(23)14-7-8-16-17(11-14)25-10-4-9-24-16/h1-3,5-8,11,15H,4,9-10,12H2,(H,20,23)(H,21,22)/t15-/m1/s1. The molecule has 25 heavy (non-hydrogen) atoms. The van der Waals surface area contributed by atoms with Gasteiger partial charge >= 0.3 is 5.97 Å². The molecule has 3 rings (SSSR count). The van der Waals surface area contributed by atoms with Gasteiger partial charge in [0.25, 0.3) is 5.91 Å². The minimum atomic E-state index is -0.979. The fourth-order valence-corrected chi connectivity index (χ4v) is 2.66. The summed E-state index contributed by atoms with van der Waals surface area (Å²) in [5.41, 5.74) is 1.14. The third-order valence-corrected chi connectivity index (χ3v) is 3.90. The van der Waals surface area contributed by atoms with Gasteiger partial charge in [0.15, 0.2) is 11.5 Å². The van der Waals surface area contributed by atoms with Crippen LogP contribution in [0.4, 0.5) is 0 Å². The van der Waals surface area contributed by atoms with Crippen LogP contribution < -0.4 is 14.8 Å². The van der Waals surface area contributed by atoms with Crippen molar-refractivity contribution >= 4 is 11.9 Å². The van der Waals surface area contributed by atoms with Crippen LogP contribution >= 0.6 is 0 Å². The molecule has 1 atom stereocenters. The zero-order valence-electron chi connectivity index (χ0n) is 13.6. The lowest BCUT2D eigenvalue weighted by molar-refractivity contribution is -0.137. The Bertz CT molecular complexity index is 760. The Balaban J connectivity index is 1.79. The van der Waals surface area contributed by atoms with Crippen LogP contribution in [0, 0.1) is 0 Å². The zero-order valence-corrected chi connectivity index (χ0v) is 13.6. The Kier molecular flexibility index (Phi) is 5.18. The van der Waals surface area contributed by atoms with Gasteiger partial charge in [-0.3, -0.25) is 9.59 Å². The van der Waals surface area contributed by atoms with Crippen LogP contribution in [0.5, 0.6) is 11.5 Å². The first-order valence-corrected chi connectivity index (χ1v) is 8.11. The number of aliphatic carboxylic acids is 1. The number of rotatable bonds is 5. The highest BCUT2D eigenvalue weighted by Crippen LogP contribution is 2.30. The number of hydrogen-bond acceptors (Lipinski definition) is 4. The fourth-order valence-electron chi connectivity index (χ4n) is 2.66. The van der Waals surface area contributed by atoms with Gasteiger partial charge in [0.2, 0.25) is 0 Å². The Morgan fingerprint density at radius 2 is 1.76 bits per heavy atom. The summed E-state index contributed by atoms with van der Waals surface area (Å²) < 4.78 is 11.1. The van der Waals surface area contributed by atoms with Gasteiger partial charge < -0.3 is 19.9 Å². The molecule has 1 aliphatic rings. The first-order valence-electron chi connectivity index (χ1n) is 8.11. The highest BCUT2D eigenvalue weighted by molar-refractivity contribution is 5.95. The normalized spacial score (nSPS) is 14.2. The second-order valence-electron chi connectivity index (χ2n) is 5.75. The molecule has 1 aliphatic heterocycles. The molecule has 0 unspecified atom stereocenters. The van der Waals surface area contributed by atoms with E-state index in [-0.39, 0.29) is 12.3 Å². The summed E-state index contributed by atoms with van der Waals surface area (Å²) in [5.74, 6) is -0.197. The topological polar surface area (TPSA) is 84.9 Å². The second kappa shape index (κ2) is 7.70. The van der Waals surface area contributed by atoms with E-state index < -0.39 is 12.0 Å². The molecule has 0 radical (unpaired) electrons. The molecule has 1 heterocycles. The van der Waals surface area contributed by atoms with Crippen molar-refractivity contribution in [1.29, 1.82) is 0 Å². The summed E-state index contributed by atoms with van der Waals surface area (Å²) in [6.45, 7) is 1.11. The average molecular weight is 341 g/mol. The summed E-state index contributed by atoms with van der Waals surface area (Å²) in [7, 11) is 0. The van der Waals surface area contributed by atoms with Crippen molar-refractivity contribution in [1.82, 2.24) is 5.32 Å². The van der Waals surface area contributed by atoms with E-state index in [2.05, 4.69) is 5.32 Å². The van der Waals surface area contributed by atoms with E-state index in [9.17, 15) is 9.59 Å². The summed E-state index contributed by atoms with van der Waals surface area (Å²) >= 11 is 0. The van der Waals surface area contributed by atoms with Crippen molar-refractivity contribution < 1.29 is 24.2 Å². The maximum atomic E-state index is 12.6. The molecule has 0 saturated heterocycles. The highest BCUT2D eigenvalue weighted by atomic mass is 16.5. The Hall–Kier alpha value is -3.02. The lowest BCUT2D eigenvalue weighted by Crippen LogP contribution is -2.30. The SMILES string of the molecule is O=C(O)C[C@@H](NC(=O)c1ccc2c(c1)OCCCO2)c1ccccc1. The minimum absolute atomic E-state index is 0.194. The molecule has 2 aromatic carbocycles. The predicted octanol–water partition coefficient (Wildman–Crippen LogP) is 2.79. The monoisotopic (exact) mass is 341 g/mol. The van der Waals surface area contributed by atoms with Gasteiger partial charge in [-0.15, -0.1) is 0 Å². The van der Waals surface area contributed by atoms with E-state index in [4.69, 9.17) is 14.6 Å². The number of fused-ring (bicyclic) bond motifs is 1.